The van der Waals surface area contributed by atoms with Gasteiger partial charge in [-0.2, -0.15) is 5.26 Å². The minimum absolute atomic E-state index is 0.118. The van der Waals surface area contributed by atoms with Crippen LogP contribution in [0.25, 0.3) is 10.8 Å². The van der Waals surface area contributed by atoms with Crippen molar-refractivity contribution in [2.24, 2.45) is 0 Å². The van der Waals surface area contributed by atoms with Crippen molar-refractivity contribution in [1.82, 2.24) is 5.32 Å². The Labute approximate surface area is 151 Å². The number of nitrogens with zero attached hydrogens (tertiary/aromatic N) is 1. The fourth-order valence-corrected chi connectivity index (χ4v) is 3.58. The van der Waals surface area contributed by atoms with Gasteiger partial charge in [-0.3, -0.25) is 4.79 Å². The maximum Gasteiger partial charge on any atom is 0.252 e. The molecule has 0 aromatic heterocycles. The van der Waals surface area contributed by atoms with Crippen molar-refractivity contribution in [3.63, 3.8) is 0 Å². The first-order valence-corrected chi connectivity index (χ1v) is 9.06. The predicted octanol–water partition coefficient (Wildman–Crippen LogP) is 4.95. The lowest BCUT2D eigenvalue weighted by Gasteiger charge is -2.17. The third-order valence-electron chi connectivity index (χ3n) is 4.06. The van der Waals surface area contributed by atoms with Crippen LogP contribution in [0, 0.1) is 11.3 Å². The van der Waals surface area contributed by atoms with Gasteiger partial charge in [0.15, 0.2) is 0 Å². The van der Waals surface area contributed by atoms with Gasteiger partial charge in [0, 0.05) is 4.90 Å². The quantitative estimate of drug-likeness (QED) is 0.665. The number of benzene rings is 3. The molecule has 0 radical (unpaired) electrons. The van der Waals surface area contributed by atoms with Crippen molar-refractivity contribution in [2.75, 3.05) is 5.75 Å². The van der Waals surface area contributed by atoms with Crippen LogP contribution >= 0.6 is 11.8 Å². The topological polar surface area (TPSA) is 52.9 Å². The number of rotatable bonds is 5. The number of thioether (sulfide) groups is 1. The first kappa shape index (κ1) is 17.1. The molecule has 1 atom stereocenters. The van der Waals surface area contributed by atoms with Gasteiger partial charge in [-0.1, -0.05) is 54.6 Å². The van der Waals surface area contributed by atoms with Gasteiger partial charge in [-0.25, -0.2) is 0 Å². The Kier molecular flexibility index (Phi) is 5.37. The number of hydrogen-bond acceptors (Lipinski definition) is 3. The predicted molar refractivity (Wildman–Crippen MR) is 103 cm³/mol. The normalized spacial score (nSPS) is 11.7. The molecule has 3 nitrogen and oxygen atoms in total. The maximum atomic E-state index is 12.7. The summed E-state index contributed by atoms with van der Waals surface area (Å²) < 4.78 is 0. The number of carbonyl (C=O) groups is 1. The molecule has 25 heavy (non-hydrogen) atoms. The Balaban J connectivity index is 1.85. The first-order chi connectivity index (χ1) is 12.2. The number of fused-ring (bicyclic) bond motifs is 1. The Hall–Kier alpha value is -2.77. The van der Waals surface area contributed by atoms with Crippen LogP contribution in [0.5, 0.6) is 0 Å². The van der Waals surface area contributed by atoms with Crippen molar-refractivity contribution in [3.05, 3.63) is 77.9 Å². The lowest BCUT2D eigenvalue weighted by molar-refractivity contribution is 0.0937. The zero-order valence-electron chi connectivity index (χ0n) is 13.9. The van der Waals surface area contributed by atoms with Gasteiger partial charge < -0.3 is 5.32 Å². The number of hydrogen-bond donors (Lipinski definition) is 1. The number of amides is 1. The van der Waals surface area contributed by atoms with Gasteiger partial charge in [-0.05, 0) is 35.4 Å². The fraction of sp³-hybridized carbons (Fsp3) is 0.143. The third kappa shape index (κ3) is 3.84. The number of nitrogens with one attached hydrogen (secondary N) is 1. The molecule has 1 amide bonds. The van der Waals surface area contributed by atoms with Crippen molar-refractivity contribution < 1.29 is 4.79 Å². The SMILES string of the molecule is C[C@@H](NC(=O)c1ccccc1SCC#N)c1cccc2ccccc12. The molecule has 0 heterocycles. The maximum absolute atomic E-state index is 12.7. The molecule has 1 N–H and O–H groups in total. The summed E-state index contributed by atoms with van der Waals surface area (Å²) in [6.07, 6.45) is 0. The standard InChI is InChI=1S/C21H18N2OS/c1-15(17-11-6-8-16-7-2-3-9-18(16)17)23-21(24)19-10-4-5-12-20(19)25-14-13-22/h2-12,15H,14H2,1H3,(H,23,24)/t15-/m1/s1. The molecule has 0 fully saturated rings. The Morgan fingerprint density at radius 2 is 1.80 bits per heavy atom. The van der Waals surface area contributed by atoms with Crippen LogP contribution in [0.3, 0.4) is 0 Å². The van der Waals surface area contributed by atoms with E-state index in [9.17, 15) is 4.79 Å². The van der Waals surface area contributed by atoms with E-state index in [1.54, 1.807) is 6.07 Å². The van der Waals surface area contributed by atoms with E-state index < -0.39 is 0 Å². The van der Waals surface area contributed by atoms with E-state index in [2.05, 4.69) is 29.6 Å². The second-order valence-corrected chi connectivity index (χ2v) is 6.72. The Morgan fingerprint density at radius 3 is 2.64 bits per heavy atom. The summed E-state index contributed by atoms with van der Waals surface area (Å²) in [5.74, 6) is 0.199. The molecule has 0 aliphatic carbocycles. The van der Waals surface area contributed by atoms with E-state index in [1.165, 1.54) is 11.8 Å². The molecular formula is C21H18N2OS. The number of carbonyl (C=O) groups excluding carboxylic acids is 1. The number of nitriles is 1. The van der Waals surface area contributed by atoms with Crippen molar-refractivity contribution in [2.45, 2.75) is 17.9 Å². The van der Waals surface area contributed by atoms with Gasteiger partial charge in [0.25, 0.3) is 5.91 Å². The van der Waals surface area contributed by atoms with Gasteiger partial charge in [0.2, 0.25) is 0 Å². The van der Waals surface area contributed by atoms with Crippen LogP contribution in [0.4, 0.5) is 0 Å². The monoisotopic (exact) mass is 346 g/mol. The molecule has 3 rings (SSSR count). The zero-order chi connectivity index (χ0) is 17.6. The summed E-state index contributed by atoms with van der Waals surface area (Å²) in [6, 6.07) is 23.7. The molecule has 0 aliphatic rings. The molecule has 4 heteroatoms. The second kappa shape index (κ2) is 7.87. The summed E-state index contributed by atoms with van der Waals surface area (Å²) >= 11 is 1.38. The smallest absolute Gasteiger partial charge is 0.252 e. The van der Waals surface area contributed by atoms with Crippen LogP contribution in [0.2, 0.25) is 0 Å². The lowest BCUT2D eigenvalue weighted by atomic mass is 9.99. The molecule has 124 valence electrons. The average Bonchev–Trinajstić information content (AvgIpc) is 2.66. The van der Waals surface area contributed by atoms with Crippen LogP contribution in [-0.4, -0.2) is 11.7 Å². The molecule has 0 saturated heterocycles. The van der Waals surface area contributed by atoms with Crippen molar-refractivity contribution in [1.29, 1.82) is 5.26 Å². The summed E-state index contributed by atoms with van der Waals surface area (Å²) in [5, 5.41) is 14.2. The van der Waals surface area contributed by atoms with Crippen LogP contribution in [0.15, 0.2) is 71.6 Å². The van der Waals surface area contributed by atoms with E-state index in [0.29, 0.717) is 11.3 Å². The van der Waals surface area contributed by atoms with E-state index >= 15 is 0 Å². The average molecular weight is 346 g/mol. The van der Waals surface area contributed by atoms with Crippen LogP contribution < -0.4 is 5.32 Å². The first-order valence-electron chi connectivity index (χ1n) is 8.08. The minimum Gasteiger partial charge on any atom is -0.345 e. The summed E-state index contributed by atoms with van der Waals surface area (Å²) in [4.78, 5) is 13.6. The highest BCUT2D eigenvalue weighted by molar-refractivity contribution is 7.99. The van der Waals surface area contributed by atoms with E-state index in [0.717, 1.165) is 21.2 Å². The molecule has 0 spiro atoms. The van der Waals surface area contributed by atoms with Crippen LogP contribution in [-0.2, 0) is 0 Å². The Morgan fingerprint density at radius 1 is 1.08 bits per heavy atom. The van der Waals surface area contributed by atoms with Crippen molar-refractivity contribution in [3.8, 4) is 6.07 Å². The molecule has 3 aromatic rings. The zero-order valence-corrected chi connectivity index (χ0v) is 14.7. The van der Waals surface area contributed by atoms with E-state index in [-0.39, 0.29) is 11.9 Å². The largest absolute Gasteiger partial charge is 0.345 e. The van der Waals surface area contributed by atoms with E-state index in [1.807, 2.05) is 49.4 Å². The summed E-state index contributed by atoms with van der Waals surface area (Å²) in [7, 11) is 0. The molecule has 0 unspecified atom stereocenters. The van der Waals surface area contributed by atoms with Gasteiger partial charge in [0.05, 0.1) is 23.4 Å². The fourth-order valence-electron chi connectivity index (χ4n) is 2.87. The lowest BCUT2D eigenvalue weighted by Crippen LogP contribution is -2.27. The van der Waals surface area contributed by atoms with Crippen LogP contribution in [0.1, 0.15) is 28.9 Å². The second-order valence-electron chi connectivity index (χ2n) is 5.71. The van der Waals surface area contributed by atoms with Gasteiger partial charge in [0.1, 0.15) is 0 Å². The van der Waals surface area contributed by atoms with Gasteiger partial charge in [-0.15, -0.1) is 11.8 Å². The molecule has 0 bridgehead atoms. The summed E-state index contributed by atoms with van der Waals surface area (Å²) in [6.45, 7) is 1.99. The minimum atomic E-state index is -0.124. The highest BCUT2D eigenvalue weighted by Crippen LogP contribution is 2.26. The molecule has 0 saturated carbocycles. The highest BCUT2D eigenvalue weighted by Gasteiger charge is 2.16. The molecule has 0 aliphatic heterocycles. The Bertz CT molecular complexity index is 941. The molecular weight excluding hydrogens is 328 g/mol. The van der Waals surface area contributed by atoms with Crippen molar-refractivity contribution >= 4 is 28.4 Å². The summed E-state index contributed by atoms with van der Waals surface area (Å²) in [5.41, 5.74) is 1.70. The van der Waals surface area contributed by atoms with Gasteiger partial charge >= 0.3 is 0 Å². The molecule has 3 aromatic carbocycles. The third-order valence-corrected chi connectivity index (χ3v) is 5.00. The van der Waals surface area contributed by atoms with E-state index in [4.69, 9.17) is 5.26 Å². The highest BCUT2D eigenvalue weighted by atomic mass is 32.2.